The zero-order chi connectivity index (χ0) is 11.4. The summed E-state index contributed by atoms with van der Waals surface area (Å²) in [4.78, 5) is 14.9. The Morgan fingerprint density at radius 1 is 1.60 bits per heavy atom. The van der Waals surface area contributed by atoms with Crippen molar-refractivity contribution in [2.45, 2.75) is 13.8 Å². The maximum absolute atomic E-state index is 10.8. The van der Waals surface area contributed by atoms with Crippen LogP contribution in [0.1, 0.15) is 23.0 Å². The SMILES string of the molecule is C=C(C)CNc1cc(C(=O)O)cc(C)n1. The first-order valence-electron chi connectivity index (χ1n) is 4.59. The number of aromatic nitrogens is 1. The number of aryl methyl sites for hydroxylation is 1. The predicted octanol–water partition coefficient (Wildman–Crippen LogP) is 2.08. The summed E-state index contributed by atoms with van der Waals surface area (Å²) in [6.07, 6.45) is 0. The lowest BCUT2D eigenvalue weighted by molar-refractivity contribution is 0.0696. The van der Waals surface area contributed by atoms with Crippen LogP contribution < -0.4 is 5.32 Å². The molecule has 0 aliphatic heterocycles. The van der Waals surface area contributed by atoms with Crippen LogP contribution >= 0.6 is 0 Å². The number of nitrogens with one attached hydrogen (secondary N) is 1. The van der Waals surface area contributed by atoms with Crippen molar-refractivity contribution in [1.29, 1.82) is 0 Å². The number of anilines is 1. The summed E-state index contributed by atoms with van der Waals surface area (Å²) in [6, 6.07) is 3.05. The molecule has 1 heterocycles. The highest BCUT2D eigenvalue weighted by molar-refractivity contribution is 5.88. The zero-order valence-corrected chi connectivity index (χ0v) is 8.87. The van der Waals surface area contributed by atoms with E-state index in [0.29, 0.717) is 18.1 Å². The fraction of sp³-hybridized carbons (Fsp3) is 0.273. The fourth-order valence-corrected chi connectivity index (χ4v) is 1.12. The number of nitrogens with zero attached hydrogens (tertiary/aromatic N) is 1. The van der Waals surface area contributed by atoms with Gasteiger partial charge in [0, 0.05) is 12.2 Å². The molecule has 0 aromatic carbocycles. The number of hydrogen-bond acceptors (Lipinski definition) is 3. The number of carboxylic acid groups (broad SMARTS) is 1. The van der Waals surface area contributed by atoms with Gasteiger partial charge >= 0.3 is 5.97 Å². The van der Waals surface area contributed by atoms with Gasteiger partial charge in [0.1, 0.15) is 5.82 Å². The summed E-state index contributed by atoms with van der Waals surface area (Å²) < 4.78 is 0. The number of hydrogen-bond donors (Lipinski definition) is 2. The Morgan fingerprint density at radius 3 is 2.80 bits per heavy atom. The topological polar surface area (TPSA) is 62.2 Å². The fourth-order valence-electron chi connectivity index (χ4n) is 1.12. The molecular formula is C11H14N2O2. The van der Waals surface area contributed by atoms with E-state index in [9.17, 15) is 4.79 Å². The van der Waals surface area contributed by atoms with Crippen LogP contribution in [0.5, 0.6) is 0 Å². The van der Waals surface area contributed by atoms with Crippen molar-refractivity contribution >= 4 is 11.8 Å². The molecule has 4 nitrogen and oxygen atoms in total. The molecule has 0 aliphatic rings. The van der Waals surface area contributed by atoms with Crippen molar-refractivity contribution in [2.24, 2.45) is 0 Å². The lowest BCUT2D eigenvalue weighted by atomic mass is 10.2. The molecule has 0 fully saturated rings. The second-order valence-electron chi connectivity index (χ2n) is 3.50. The summed E-state index contributed by atoms with van der Waals surface area (Å²) in [5.41, 5.74) is 1.89. The first-order valence-corrected chi connectivity index (χ1v) is 4.59. The lowest BCUT2D eigenvalue weighted by Gasteiger charge is -2.07. The Kier molecular flexibility index (Phi) is 3.44. The van der Waals surface area contributed by atoms with Gasteiger partial charge in [0.15, 0.2) is 0 Å². The average Bonchev–Trinajstić information content (AvgIpc) is 2.13. The van der Waals surface area contributed by atoms with E-state index in [1.54, 1.807) is 6.92 Å². The van der Waals surface area contributed by atoms with Crippen LogP contribution in [0, 0.1) is 6.92 Å². The Bertz CT molecular complexity index is 400. The van der Waals surface area contributed by atoms with Gasteiger partial charge in [-0.3, -0.25) is 0 Å². The normalized spacial score (nSPS) is 9.73. The highest BCUT2D eigenvalue weighted by Gasteiger charge is 2.05. The molecule has 0 radical (unpaired) electrons. The van der Waals surface area contributed by atoms with Crippen LogP contribution in [0.15, 0.2) is 24.3 Å². The van der Waals surface area contributed by atoms with E-state index < -0.39 is 5.97 Å². The standard InChI is InChI=1S/C11H14N2O2/c1-7(2)6-12-10-5-9(11(14)15)4-8(3)13-10/h4-5H,1,6H2,2-3H3,(H,12,13)(H,14,15). The van der Waals surface area contributed by atoms with E-state index in [2.05, 4.69) is 16.9 Å². The molecule has 0 bridgehead atoms. The largest absolute Gasteiger partial charge is 0.478 e. The van der Waals surface area contributed by atoms with Crippen molar-refractivity contribution in [3.8, 4) is 0 Å². The molecule has 4 heteroatoms. The third-order valence-corrected chi connectivity index (χ3v) is 1.77. The number of carboxylic acids is 1. The number of pyridine rings is 1. The molecule has 0 saturated carbocycles. The van der Waals surface area contributed by atoms with Gasteiger partial charge in [-0.2, -0.15) is 0 Å². The van der Waals surface area contributed by atoms with Crippen molar-refractivity contribution < 1.29 is 9.90 Å². The molecule has 0 amide bonds. The molecule has 1 rings (SSSR count). The summed E-state index contributed by atoms with van der Waals surface area (Å²) >= 11 is 0. The van der Waals surface area contributed by atoms with E-state index in [0.717, 1.165) is 5.57 Å². The van der Waals surface area contributed by atoms with Crippen LogP contribution in [0.3, 0.4) is 0 Å². The van der Waals surface area contributed by atoms with Crippen molar-refractivity contribution in [3.05, 3.63) is 35.5 Å². The summed E-state index contributed by atoms with van der Waals surface area (Å²) in [6.45, 7) is 7.99. The summed E-state index contributed by atoms with van der Waals surface area (Å²) in [5.74, 6) is -0.380. The summed E-state index contributed by atoms with van der Waals surface area (Å²) in [5, 5.41) is 11.8. The third kappa shape index (κ3) is 3.42. The van der Waals surface area contributed by atoms with E-state index in [1.807, 2.05) is 6.92 Å². The lowest BCUT2D eigenvalue weighted by Crippen LogP contribution is -2.06. The van der Waals surface area contributed by atoms with Gasteiger partial charge in [-0.25, -0.2) is 9.78 Å². The second-order valence-corrected chi connectivity index (χ2v) is 3.50. The van der Waals surface area contributed by atoms with Gasteiger partial charge in [-0.15, -0.1) is 0 Å². The van der Waals surface area contributed by atoms with Crippen molar-refractivity contribution in [1.82, 2.24) is 4.98 Å². The van der Waals surface area contributed by atoms with Gasteiger partial charge in [0.2, 0.25) is 0 Å². The maximum atomic E-state index is 10.8. The van der Waals surface area contributed by atoms with E-state index in [4.69, 9.17) is 5.11 Å². The van der Waals surface area contributed by atoms with Gasteiger partial charge < -0.3 is 10.4 Å². The molecule has 2 N–H and O–H groups in total. The molecule has 15 heavy (non-hydrogen) atoms. The number of rotatable bonds is 4. The van der Waals surface area contributed by atoms with Crippen LogP contribution in [-0.2, 0) is 0 Å². The predicted molar refractivity (Wildman–Crippen MR) is 59.2 cm³/mol. The minimum Gasteiger partial charge on any atom is -0.478 e. The van der Waals surface area contributed by atoms with Crippen LogP contribution in [0.4, 0.5) is 5.82 Å². The third-order valence-electron chi connectivity index (χ3n) is 1.77. The van der Waals surface area contributed by atoms with E-state index >= 15 is 0 Å². The molecule has 0 aliphatic carbocycles. The molecule has 80 valence electrons. The van der Waals surface area contributed by atoms with Crippen molar-refractivity contribution in [3.63, 3.8) is 0 Å². The Morgan fingerprint density at radius 2 is 2.27 bits per heavy atom. The Balaban J connectivity index is 2.88. The van der Waals surface area contributed by atoms with Gasteiger partial charge in [-0.1, -0.05) is 12.2 Å². The monoisotopic (exact) mass is 206 g/mol. The molecule has 1 aromatic heterocycles. The van der Waals surface area contributed by atoms with Crippen LogP contribution in [0.2, 0.25) is 0 Å². The first kappa shape index (κ1) is 11.2. The van der Waals surface area contributed by atoms with Gasteiger partial charge in [0.25, 0.3) is 0 Å². The minimum absolute atomic E-state index is 0.242. The average molecular weight is 206 g/mol. The molecule has 1 aromatic rings. The quantitative estimate of drug-likeness (QED) is 0.740. The zero-order valence-electron chi connectivity index (χ0n) is 8.87. The van der Waals surface area contributed by atoms with Crippen LogP contribution in [0.25, 0.3) is 0 Å². The van der Waals surface area contributed by atoms with E-state index in [1.165, 1.54) is 12.1 Å². The van der Waals surface area contributed by atoms with Crippen LogP contribution in [-0.4, -0.2) is 22.6 Å². The van der Waals surface area contributed by atoms with Gasteiger partial charge in [-0.05, 0) is 26.0 Å². The molecule has 0 atom stereocenters. The maximum Gasteiger partial charge on any atom is 0.335 e. The highest BCUT2D eigenvalue weighted by atomic mass is 16.4. The Labute approximate surface area is 88.7 Å². The smallest absolute Gasteiger partial charge is 0.335 e. The highest BCUT2D eigenvalue weighted by Crippen LogP contribution is 2.10. The summed E-state index contributed by atoms with van der Waals surface area (Å²) in [7, 11) is 0. The molecule has 0 spiro atoms. The number of aromatic carboxylic acids is 1. The van der Waals surface area contributed by atoms with Gasteiger partial charge in [0.05, 0.1) is 5.56 Å². The molecular weight excluding hydrogens is 192 g/mol. The van der Waals surface area contributed by atoms with Crippen molar-refractivity contribution in [2.75, 3.05) is 11.9 Å². The first-order chi connectivity index (χ1) is 6.99. The molecule has 0 saturated heterocycles. The number of carbonyl (C=O) groups is 1. The molecule has 0 unspecified atom stereocenters. The Hall–Kier alpha value is -1.84. The second kappa shape index (κ2) is 4.59. The minimum atomic E-state index is -0.945. The van der Waals surface area contributed by atoms with E-state index in [-0.39, 0.29) is 5.56 Å².